The SMILES string of the molecule is COC(=O)c1ccc(OC)c(CN(C(=O)c2ccnn2C(C)C(=O)O)C2CCCCC2)c1. The highest BCUT2D eigenvalue weighted by atomic mass is 16.5. The number of carboxylic acids is 1. The van der Waals surface area contributed by atoms with Crippen molar-refractivity contribution in [3.63, 3.8) is 0 Å². The lowest BCUT2D eigenvalue weighted by Crippen LogP contribution is -2.42. The summed E-state index contributed by atoms with van der Waals surface area (Å²) >= 11 is 0. The van der Waals surface area contributed by atoms with Crippen LogP contribution in [0.15, 0.2) is 30.5 Å². The number of benzene rings is 1. The lowest BCUT2D eigenvalue weighted by Gasteiger charge is -2.35. The van der Waals surface area contributed by atoms with Crippen molar-refractivity contribution in [2.75, 3.05) is 14.2 Å². The smallest absolute Gasteiger partial charge is 0.337 e. The Balaban J connectivity index is 2.00. The quantitative estimate of drug-likeness (QED) is 0.623. The van der Waals surface area contributed by atoms with Crippen LogP contribution in [0, 0.1) is 0 Å². The van der Waals surface area contributed by atoms with Crippen LogP contribution in [0.4, 0.5) is 0 Å². The molecule has 0 saturated heterocycles. The van der Waals surface area contributed by atoms with Gasteiger partial charge >= 0.3 is 11.9 Å². The standard InChI is InChI=1S/C23H29N3O6/c1-15(22(28)29)26-19(11-12-24-26)21(27)25(18-7-5-4-6-8-18)14-17-13-16(23(30)32-3)9-10-20(17)31-2/h9-13,15,18H,4-8,14H2,1-3H3,(H,28,29). The molecule has 2 aromatic rings. The molecule has 1 N–H and O–H groups in total. The molecular weight excluding hydrogens is 414 g/mol. The van der Waals surface area contributed by atoms with Gasteiger partial charge in [0, 0.05) is 24.3 Å². The van der Waals surface area contributed by atoms with E-state index in [1.165, 1.54) is 32.0 Å². The highest BCUT2D eigenvalue weighted by Crippen LogP contribution is 2.29. The Kier molecular flexibility index (Phi) is 7.50. The number of rotatable bonds is 8. The van der Waals surface area contributed by atoms with Crippen molar-refractivity contribution in [1.82, 2.24) is 14.7 Å². The van der Waals surface area contributed by atoms with Gasteiger partial charge in [-0.3, -0.25) is 4.79 Å². The van der Waals surface area contributed by atoms with Gasteiger partial charge in [-0.15, -0.1) is 0 Å². The molecule has 0 spiro atoms. The van der Waals surface area contributed by atoms with Crippen molar-refractivity contribution in [3.8, 4) is 5.75 Å². The highest BCUT2D eigenvalue weighted by molar-refractivity contribution is 5.93. The molecule has 1 aliphatic carbocycles. The minimum Gasteiger partial charge on any atom is -0.496 e. The third kappa shape index (κ3) is 4.92. The first-order valence-electron chi connectivity index (χ1n) is 10.7. The first kappa shape index (κ1) is 23.3. The van der Waals surface area contributed by atoms with Gasteiger partial charge in [0.1, 0.15) is 17.5 Å². The lowest BCUT2D eigenvalue weighted by molar-refractivity contribution is -0.140. The number of aromatic nitrogens is 2. The Morgan fingerprint density at radius 1 is 1.19 bits per heavy atom. The Hall–Kier alpha value is -3.36. The zero-order valence-electron chi connectivity index (χ0n) is 18.6. The summed E-state index contributed by atoms with van der Waals surface area (Å²) in [5.74, 6) is -1.29. The van der Waals surface area contributed by atoms with Gasteiger partial charge in [-0.25, -0.2) is 14.3 Å². The van der Waals surface area contributed by atoms with Crippen LogP contribution in [0.2, 0.25) is 0 Å². The van der Waals surface area contributed by atoms with Gasteiger partial charge in [-0.1, -0.05) is 19.3 Å². The maximum Gasteiger partial charge on any atom is 0.337 e. The Labute approximate surface area is 186 Å². The summed E-state index contributed by atoms with van der Waals surface area (Å²) in [6, 6.07) is 5.53. The molecule has 0 aliphatic heterocycles. The summed E-state index contributed by atoms with van der Waals surface area (Å²) in [7, 11) is 2.85. The molecule has 1 unspecified atom stereocenters. The number of esters is 1. The number of ether oxygens (including phenoxy) is 2. The average Bonchev–Trinajstić information content (AvgIpc) is 3.31. The number of hydrogen-bond acceptors (Lipinski definition) is 6. The van der Waals surface area contributed by atoms with Gasteiger partial charge in [0.15, 0.2) is 0 Å². The molecule has 1 aliphatic rings. The number of methoxy groups -OCH3 is 2. The molecule has 1 aromatic carbocycles. The minimum atomic E-state index is -1.07. The molecule has 0 radical (unpaired) electrons. The van der Waals surface area contributed by atoms with Gasteiger partial charge in [-0.05, 0) is 44.0 Å². The number of carbonyl (C=O) groups is 3. The number of amides is 1. The third-order valence-electron chi connectivity index (χ3n) is 5.93. The largest absolute Gasteiger partial charge is 0.496 e. The molecule has 1 aromatic heterocycles. The summed E-state index contributed by atoms with van der Waals surface area (Å²) in [6.45, 7) is 1.70. The van der Waals surface area contributed by atoms with Crippen LogP contribution in [-0.4, -0.2) is 57.9 Å². The van der Waals surface area contributed by atoms with Crippen LogP contribution in [0.25, 0.3) is 0 Å². The Morgan fingerprint density at radius 3 is 2.53 bits per heavy atom. The predicted molar refractivity (Wildman–Crippen MR) is 116 cm³/mol. The van der Waals surface area contributed by atoms with E-state index >= 15 is 0 Å². The van der Waals surface area contributed by atoms with Crippen molar-refractivity contribution in [2.24, 2.45) is 0 Å². The first-order chi connectivity index (χ1) is 15.4. The Morgan fingerprint density at radius 2 is 1.91 bits per heavy atom. The number of carbonyl (C=O) groups excluding carboxylic acids is 2. The van der Waals surface area contributed by atoms with E-state index in [-0.39, 0.29) is 24.2 Å². The third-order valence-corrected chi connectivity index (χ3v) is 5.93. The summed E-state index contributed by atoms with van der Waals surface area (Å²) in [5, 5.41) is 13.5. The van der Waals surface area contributed by atoms with Crippen LogP contribution in [0.1, 0.15) is 71.5 Å². The zero-order chi connectivity index (χ0) is 23.3. The molecule has 172 valence electrons. The average molecular weight is 444 g/mol. The maximum atomic E-state index is 13.7. The molecule has 32 heavy (non-hydrogen) atoms. The van der Waals surface area contributed by atoms with Crippen molar-refractivity contribution in [2.45, 2.75) is 57.7 Å². The molecule has 1 fully saturated rings. The molecular formula is C23H29N3O6. The van der Waals surface area contributed by atoms with E-state index in [4.69, 9.17) is 9.47 Å². The van der Waals surface area contributed by atoms with E-state index < -0.39 is 18.0 Å². The van der Waals surface area contributed by atoms with Crippen LogP contribution in [-0.2, 0) is 16.1 Å². The molecule has 1 atom stereocenters. The predicted octanol–water partition coefficient (Wildman–Crippen LogP) is 3.30. The number of aliphatic carboxylic acids is 1. The van der Waals surface area contributed by atoms with Crippen molar-refractivity contribution in [1.29, 1.82) is 0 Å². The summed E-state index contributed by atoms with van der Waals surface area (Å²) in [6.07, 6.45) is 6.29. The highest BCUT2D eigenvalue weighted by Gasteiger charge is 2.31. The fraction of sp³-hybridized carbons (Fsp3) is 0.478. The second kappa shape index (κ2) is 10.3. The van der Waals surface area contributed by atoms with Crippen LogP contribution < -0.4 is 4.74 Å². The van der Waals surface area contributed by atoms with E-state index in [1.54, 1.807) is 29.2 Å². The van der Waals surface area contributed by atoms with E-state index in [2.05, 4.69) is 5.10 Å². The van der Waals surface area contributed by atoms with E-state index in [0.29, 0.717) is 16.9 Å². The topological polar surface area (TPSA) is 111 Å². The molecule has 0 bridgehead atoms. The van der Waals surface area contributed by atoms with Crippen LogP contribution in [0.3, 0.4) is 0 Å². The van der Waals surface area contributed by atoms with E-state index in [0.717, 1.165) is 32.1 Å². The summed E-state index contributed by atoms with van der Waals surface area (Å²) in [5.41, 5.74) is 1.25. The maximum absolute atomic E-state index is 13.7. The number of nitrogens with zero attached hydrogens (tertiary/aromatic N) is 3. The molecule has 9 nitrogen and oxygen atoms in total. The van der Waals surface area contributed by atoms with Gasteiger partial charge in [0.25, 0.3) is 5.91 Å². The van der Waals surface area contributed by atoms with Crippen LogP contribution in [0.5, 0.6) is 5.75 Å². The van der Waals surface area contributed by atoms with E-state index in [1.807, 2.05) is 0 Å². The van der Waals surface area contributed by atoms with Gasteiger partial charge in [0.2, 0.25) is 0 Å². The lowest BCUT2D eigenvalue weighted by atomic mass is 9.93. The van der Waals surface area contributed by atoms with Crippen LogP contribution >= 0.6 is 0 Å². The minimum absolute atomic E-state index is 0.00813. The molecule has 3 rings (SSSR count). The summed E-state index contributed by atoms with van der Waals surface area (Å²) in [4.78, 5) is 39.0. The zero-order valence-corrected chi connectivity index (χ0v) is 18.6. The van der Waals surface area contributed by atoms with Gasteiger partial charge in [-0.2, -0.15) is 5.10 Å². The van der Waals surface area contributed by atoms with Crippen molar-refractivity contribution in [3.05, 3.63) is 47.3 Å². The second-order valence-corrected chi connectivity index (χ2v) is 7.92. The van der Waals surface area contributed by atoms with Crippen molar-refractivity contribution < 1.29 is 29.0 Å². The number of hydrogen-bond donors (Lipinski definition) is 1. The second-order valence-electron chi connectivity index (χ2n) is 7.92. The summed E-state index contributed by atoms with van der Waals surface area (Å²) < 4.78 is 11.5. The fourth-order valence-electron chi connectivity index (χ4n) is 4.13. The van der Waals surface area contributed by atoms with E-state index in [9.17, 15) is 19.5 Å². The van der Waals surface area contributed by atoms with Gasteiger partial charge in [0.05, 0.1) is 19.8 Å². The monoisotopic (exact) mass is 443 g/mol. The van der Waals surface area contributed by atoms with Crippen molar-refractivity contribution >= 4 is 17.8 Å². The normalized spacial score (nSPS) is 15.1. The first-order valence-corrected chi connectivity index (χ1v) is 10.7. The van der Waals surface area contributed by atoms with Gasteiger partial charge < -0.3 is 19.5 Å². The number of carboxylic acid groups (broad SMARTS) is 1. The molecule has 1 heterocycles. The molecule has 9 heteroatoms. The Bertz CT molecular complexity index is 980. The molecule has 1 amide bonds. The fourth-order valence-corrected chi connectivity index (χ4v) is 4.13. The molecule has 1 saturated carbocycles.